The number of hydrogen-bond acceptors (Lipinski definition) is 4. The van der Waals surface area contributed by atoms with Crippen molar-refractivity contribution in [3.8, 4) is 0 Å². The van der Waals surface area contributed by atoms with Crippen LogP contribution in [-0.4, -0.2) is 34.2 Å². The molecule has 1 aromatic rings. The average molecular weight is 210 g/mol. The molecular weight excluding hydrogens is 192 g/mol. The number of nitrogens with one attached hydrogen (secondary N) is 1. The highest BCUT2D eigenvalue weighted by atomic mass is 16.5. The molecule has 15 heavy (non-hydrogen) atoms. The van der Waals surface area contributed by atoms with Crippen molar-refractivity contribution in [2.45, 2.75) is 31.4 Å². The maximum Gasteiger partial charge on any atom is 0.0964 e. The van der Waals surface area contributed by atoms with Gasteiger partial charge in [-0.15, -0.1) is 5.10 Å². The molecule has 0 saturated heterocycles. The average Bonchev–Trinajstić information content (AvgIpc) is 2.56. The first-order valence-electron chi connectivity index (χ1n) is 5.35. The molecule has 0 aliphatic heterocycles. The summed E-state index contributed by atoms with van der Waals surface area (Å²) in [6.07, 6.45) is 5.53. The number of methoxy groups -OCH3 is 1. The van der Waals surface area contributed by atoms with Crippen LogP contribution < -0.4 is 5.32 Å². The molecule has 2 rings (SSSR count). The summed E-state index contributed by atoms with van der Waals surface area (Å²) in [5.41, 5.74) is 1.06. The minimum Gasteiger partial charge on any atom is -0.377 e. The third-order valence-corrected chi connectivity index (χ3v) is 3.10. The molecule has 0 spiro atoms. The quantitative estimate of drug-likeness (QED) is 0.767. The van der Waals surface area contributed by atoms with Crippen LogP contribution in [0.25, 0.3) is 0 Å². The molecular formula is C10H18N4O. The first-order valence-corrected chi connectivity index (χ1v) is 5.35. The second-order valence-corrected chi connectivity index (χ2v) is 4.23. The van der Waals surface area contributed by atoms with Crippen LogP contribution in [0.15, 0.2) is 6.20 Å². The molecule has 5 nitrogen and oxygen atoms in total. The first-order chi connectivity index (χ1) is 7.24. The molecule has 0 amide bonds. The van der Waals surface area contributed by atoms with Gasteiger partial charge in [-0.25, -0.2) is 0 Å². The lowest BCUT2D eigenvalue weighted by atomic mass is 9.80. The highest BCUT2D eigenvalue weighted by Crippen LogP contribution is 2.34. The lowest BCUT2D eigenvalue weighted by molar-refractivity contribution is -0.0695. The van der Waals surface area contributed by atoms with Gasteiger partial charge in [0.15, 0.2) is 0 Å². The summed E-state index contributed by atoms with van der Waals surface area (Å²) in [7, 11) is 3.67. The highest BCUT2D eigenvalue weighted by molar-refractivity contribution is 4.95. The van der Waals surface area contributed by atoms with E-state index in [-0.39, 0.29) is 5.60 Å². The van der Waals surface area contributed by atoms with E-state index in [2.05, 4.69) is 15.6 Å². The van der Waals surface area contributed by atoms with Crippen LogP contribution in [0, 0.1) is 0 Å². The van der Waals surface area contributed by atoms with E-state index in [1.54, 1.807) is 11.8 Å². The Bertz CT molecular complexity index is 313. The predicted molar refractivity (Wildman–Crippen MR) is 56.3 cm³/mol. The number of aryl methyl sites for hydroxylation is 1. The van der Waals surface area contributed by atoms with Gasteiger partial charge in [-0.2, -0.15) is 0 Å². The van der Waals surface area contributed by atoms with Gasteiger partial charge >= 0.3 is 0 Å². The molecule has 1 aliphatic carbocycles. The summed E-state index contributed by atoms with van der Waals surface area (Å²) in [6, 6.07) is 0. The van der Waals surface area contributed by atoms with Crippen LogP contribution >= 0.6 is 0 Å². The Morgan fingerprint density at radius 2 is 2.40 bits per heavy atom. The zero-order valence-corrected chi connectivity index (χ0v) is 9.36. The fraction of sp³-hybridized carbons (Fsp3) is 0.800. The lowest BCUT2D eigenvalue weighted by Crippen LogP contribution is -2.47. The van der Waals surface area contributed by atoms with Gasteiger partial charge in [-0.05, 0) is 19.3 Å². The Morgan fingerprint density at radius 3 is 2.87 bits per heavy atom. The molecule has 1 fully saturated rings. The summed E-state index contributed by atoms with van der Waals surface area (Å²) >= 11 is 0. The zero-order chi connectivity index (χ0) is 10.7. The van der Waals surface area contributed by atoms with Gasteiger partial charge < -0.3 is 10.1 Å². The van der Waals surface area contributed by atoms with Crippen LogP contribution in [0.5, 0.6) is 0 Å². The van der Waals surface area contributed by atoms with E-state index in [0.717, 1.165) is 31.6 Å². The van der Waals surface area contributed by atoms with E-state index in [1.165, 1.54) is 6.42 Å². The van der Waals surface area contributed by atoms with Crippen LogP contribution in [0.3, 0.4) is 0 Å². The molecule has 5 heteroatoms. The molecule has 0 unspecified atom stereocenters. The third kappa shape index (κ3) is 2.35. The number of nitrogens with zero attached hydrogens (tertiary/aromatic N) is 3. The van der Waals surface area contributed by atoms with Gasteiger partial charge in [0.05, 0.1) is 11.3 Å². The van der Waals surface area contributed by atoms with Crippen molar-refractivity contribution in [3.05, 3.63) is 11.9 Å². The maximum atomic E-state index is 5.51. The van der Waals surface area contributed by atoms with Crippen LogP contribution in [0.1, 0.15) is 25.0 Å². The van der Waals surface area contributed by atoms with Crippen molar-refractivity contribution in [3.63, 3.8) is 0 Å². The summed E-state index contributed by atoms with van der Waals surface area (Å²) in [4.78, 5) is 0. The van der Waals surface area contributed by atoms with Crippen molar-refractivity contribution in [2.75, 3.05) is 13.7 Å². The van der Waals surface area contributed by atoms with Gasteiger partial charge in [0.1, 0.15) is 0 Å². The van der Waals surface area contributed by atoms with Crippen molar-refractivity contribution < 1.29 is 4.74 Å². The van der Waals surface area contributed by atoms with Crippen molar-refractivity contribution in [1.29, 1.82) is 0 Å². The Labute approximate surface area is 89.8 Å². The summed E-state index contributed by atoms with van der Waals surface area (Å²) in [5, 5.41) is 11.3. The minimum absolute atomic E-state index is 0.0855. The van der Waals surface area contributed by atoms with E-state index in [9.17, 15) is 0 Å². The van der Waals surface area contributed by atoms with Crippen LogP contribution in [0.2, 0.25) is 0 Å². The molecule has 0 aromatic carbocycles. The fourth-order valence-corrected chi connectivity index (χ4v) is 1.92. The minimum atomic E-state index is 0.0855. The fourth-order valence-electron chi connectivity index (χ4n) is 1.92. The molecule has 0 radical (unpaired) electrons. The van der Waals surface area contributed by atoms with E-state index in [0.29, 0.717) is 0 Å². The molecule has 0 bridgehead atoms. The standard InChI is InChI=1S/C10H18N4O/c1-14-7-9(12-13-14)6-11-8-10(15-2)4-3-5-10/h7,11H,3-6,8H2,1-2H3. The molecule has 1 N–H and O–H groups in total. The first kappa shape index (κ1) is 10.6. The second kappa shape index (κ2) is 4.28. The third-order valence-electron chi connectivity index (χ3n) is 3.10. The normalized spacial score (nSPS) is 18.8. The Morgan fingerprint density at radius 1 is 1.60 bits per heavy atom. The van der Waals surface area contributed by atoms with Crippen LogP contribution in [0.4, 0.5) is 0 Å². The number of ether oxygens (including phenoxy) is 1. The van der Waals surface area contributed by atoms with E-state index < -0.39 is 0 Å². The molecule has 1 aliphatic rings. The van der Waals surface area contributed by atoms with Gasteiger partial charge in [0, 0.05) is 33.4 Å². The van der Waals surface area contributed by atoms with E-state index >= 15 is 0 Å². The molecule has 84 valence electrons. The molecule has 1 saturated carbocycles. The highest BCUT2D eigenvalue weighted by Gasteiger charge is 2.36. The SMILES string of the molecule is COC1(CNCc2cn(C)nn2)CCC1. The number of rotatable bonds is 5. The Kier molecular flexibility index (Phi) is 3.02. The van der Waals surface area contributed by atoms with Gasteiger partial charge in [0.2, 0.25) is 0 Å². The topological polar surface area (TPSA) is 52.0 Å². The molecule has 0 atom stereocenters. The largest absolute Gasteiger partial charge is 0.377 e. The maximum absolute atomic E-state index is 5.51. The second-order valence-electron chi connectivity index (χ2n) is 4.23. The van der Waals surface area contributed by atoms with Crippen molar-refractivity contribution in [2.24, 2.45) is 7.05 Å². The van der Waals surface area contributed by atoms with Gasteiger partial charge in [-0.1, -0.05) is 5.21 Å². The Hall–Kier alpha value is -0.940. The smallest absolute Gasteiger partial charge is 0.0964 e. The van der Waals surface area contributed by atoms with Crippen molar-refractivity contribution in [1.82, 2.24) is 20.3 Å². The van der Waals surface area contributed by atoms with Crippen molar-refractivity contribution >= 4 is 0 Å². The van der Waals surface area contributed by atoms with Gasteiger partial charge in [-0.3, -0.25) is 4.68 Å². The molecule has 1 heterocycles. The zero-order valence-electron chi connectivity index (χ0n) is 9.36. The summed E-state index contributed by atoms with van der Waals surface area (Å²) < 4.78 is 7.23. The lowest BCUT2D eigenvalue weighted by Gasteiger charge is -2.40. The van der Waals surface area contributed by atoms with E-state index in [4.69, 9.17) is 4.74 Å². The Balaban J connectivity index is 1.74. The summed E-state index contributed by atoms with van der Waals surface area (Å²) in [5.74, 6) is 0. The van der Waals surface area contributed by atoms with E-state index in [1.807, 2.05) is 13.2 Å². The monoisotopic (exact) mass is 210 g/mol. The molecule has 1 aromatic heterocycles. The van der Waals surface area contributed by atoms with Crippen LogP contribution in [-0.2, 0) is 18.3 Å². The number of hydrogen-bond donors (Lipinski definition) is 1. The van der Waals surface area contributed by atoms with Gasteiger partial charge in [0.25, 0.3) is 0 Å². The predicted octanol–water partition coefficient (Wildman–Crippen LogP) is 0.474. The summed E-state index contributed by atoms with van der Waals surface area (Å²) in [6.45, 7) is 1.67. The number of aromatic nitrogens is 3.